The Kier molecular flexibility index (Phi) is 4.86. The van der Waals surface area contributed by atoms with E-state index in [4.69, 9.17) is 16.3 Å². The lowest BCUT2D eigenvalue weighted by atomic mass is 10.1. The fourth-order valence-corrected chi connectivity index (χ4v) is 2.14. The molecule has 1 N–H and O–H groups in total. The number of hydrogen-bond donors (Lipinski definition) is 1. The highest BCUT2D eigenvalue weighted by molar-refractivity contribution is 6.31. The maximum absolute atomic E-state index is 11.4. The summed E-state index contributed by atoms with van der Waals surface area (Å²) in [4.78, 5) is 11.4. The number of ether oxygens (including phenoxy) is 1. The monoisotopic (exact) mass is 304 g/mol. The van der Waals surface area contributed by atoms with Crippen molar-refractivity contribution < 1.29 is 14.6 Å². The van der Waals surface area contributed by atoms with Crippen LogP contribution < -0.4 is 4.74 Å². The van der Waals surface area contributed by atoms with E-state index in [1.165, 1.54) is 0 Å². The summed E-state index contributed by atoms with van der Waals surface area (Å²) in [7, 11) is 0. The molecule has 0 aromatic heterocycles. The summed E-state index contributed by atoms with van der Waals surface area (Å²) >= 11 is 6.07. The van der Waals surface area contributed by atoms with Crippen molar-refractivity contribution in [2.45, 2.75) is 26.4 Å². The number of hydrogen-bond acceptors (Lipinski definition) is 2. The van der Waals surface area contributed by atoms with Gasteiger partial charge in [-0.3, -0.25) is 0 Å². The Balaban J connectivity index is 2.13. The van der Waals surface area contributed by atoms with Crippen molar-refractivity contribution >= 4 is 17.6 Å². The van der Waals surface area contributed by atoms with Gasteiger partial charge in [-0.15, -0.1) is 0 Å². The van der Waals surface area contributed by atoms with E-state index in [0.717, 1.165) is 16.7 Å². The minimum absolute atomic E-state index is 0.267. The zero-order valence-corrected chi connectivity index (χ0v) is 12.7. The average Bonchev–Trinajstić information content (AvgIpc) is 2.44. The molecule has 0 bridgehead atoms. The van der Waals surface area contributed by atoms with Gasteiger partial charge < -0.3 is 9.84 Å². The van der Waals surface area contributed by atoms with Gasteiger partial charge in [-0.05, 0) is 43.2 Å². The van der Waals surface area contributed by atoms with Crippen LogP contribution in [0, 0.1) is 13.8 Å². The number of carboxylic acid groups (broad SMARTS) is 1. The van der Waals surface area contributed by atoms with E-state index < -0.39 is 12.1 Å². The highest BCUT2D eigenvalue weighted by atomic mass is 35.5. The third kappa shape index (κ3) is 4.23. The number of aryl methyl sites for hydroxylation is 2. The third-order valence-corrected chi connectivity index (χ3v) is 3.64. The molecule has 0 aliphatic carbocycles. The largest absolute Gasteiger partial charge is 0.478 e. The zero-order chi connectivity index (χ0) is 15.4. The summed E-state index contributed by atoms with van der Waals surface area (Å²) in [5.41, 5.74) is 2.90. The fraction of sp³-hybridized carbons (Fsp3) is 0.235. The second kappa shape index (κ2) is 6.64. The van der Waals surface area contributed by atoms with Gasteiger partial charge in [0.05, 0.1) is 0 Å². The number of aliphatic carboxylic acids is 1. The molecule has 0 amide bonds. The van der Waals surface area contributed by atoms with Crippen molar-refractivity contribution in [3.63, 3.8) is 0 Å². The van der Waals surface area contributed by atoms with Crippen molar-refractivity contribution in [1.82, 2.24) is 0 Å². The first-order valence-electron chi connectivity index (χ1n) is 6.67. The van der Waals surface area contributed by atoms with Crippen molar-refractivity contribution in [3.05, 3.63) is 64.2 Å². The molecule has 0 radical (unpaired) electrons. The molecular formula is C17H17ClO3. The number of rotatable bonds is 5. The van der Waals surface area contributed by atoms with Crippen LogP contribution in [0.25, 0.3) is 0 Å². The van der Waals surface area contributed by atoms with Crippen molar-refractivity contribution in [2.75, 3.05) is 0 Å². The van der Waals surface area contributed by atoms with Crippen LogP contribution >= 0.6 is 11.6 Å². The zero-order valence-electron chi connectivity index (χ0n) is 12.0. The van der Waals surface area contributed by atoms with Gasteiger partial charge in [0.15, 0.2) is 6.10 Å². The fourth-order valence-electron chi connectivity index (χ4n) is 1.94. The molecule has 0 aliphatic heterocycles. The van der Waals surface area contributed by atoms with Gasteiger partial charge in [-0.25, -0.2) is 4.79 Å². The first-order chi connectivity index (χ1) is 9.95. The first kappa shape index (κ1) is 15.4. The van der Waals surface area contributed by atoms with Crippen LogP contribution in [0.15, 0.2) is 42.5 Å². The predicted molar refractivity (Wildman–Crippen MR) is 83.1 cm³/mol. The quantitative estimate of drug-likeness (QED) is 0.907. The standard InChI is InChI=1S/C17H17ClO3/c1-11-3-7-14(8-4-11)21-16(17(19)20)10-13-6-5-12(2)15(18)9-13/h3-9,16H,10H2,1-2H3,(H,19,20)/t16-/m0/s1. The van der Waals surface area contributed by atoms with Crippen LogP contribution in [-0.4, -0.2) is 17.2 Å². The molecule has 0 heterocycles. The SMILES string of the molecule is Cc1ccc(O[C@@H](Cc2ccc(C)c(Cl)c2)C(=O)O)cc1. The Morgan fingerprint density at radius 3 is 2.43 bits per heavy atom. The second-order valence-electron chi connectivity index (χ2n) is 5.05. The van der Waals surface area contributed by atoms with Gasteiger partial charge in [-0.1, -0.05) is 41.4 Å². The van der Waals surface area contributed by atoms with E-state index in [-0.39, 0.29) is 6.42 Å². The van der Waals surface area contributed by atoms with Gasteiger partial charge in [0.25, 0.3) is 0 Å². The lowest BCUT2D eigenvalue weighted by Gasteiger charge is -2.16. The summed E-state index contributed by atoms with van der Waals surface area (Å²) < 4.78 is 5.56. The maximum Gasteiger partial charge on any atom is 0.345 e. The molecule has 0 saturated heterocycles. The summed E-state index contributed by atoms with van der Waals surface area (Å²) in [6, 6.07) is 12.8. The van der Waals surface area contributed by atoms with Gasteiger partial charge in [0, 0.05) is 11.4 Å². The minimum atomic E-state index is -0.993. The molecule has 1 atom stereocenters. The van der Waals surface area contributed by atoms with E-state index in [1.807, 2.05) is 38.1 Å². The second-order valence-corrected chi connectivity index (χ2v) is 5.45. The van der Waals surface area contributed by atoms with Gasteiger partial charge in [0.2, 0.25) is 0 Å². The Bertz CT molecular complexity index is 635. The Morgan fingerprint density at radius 1 is 1.19 bits per heavy atom. The Labute approximate surface area is 129 Å². The van der Waals surface area contributed by atoms with E-state index in [2.05, 4.69) is 0 Å². The predicted octanol–water partition coefficient (Wildman–Crippen LogP) is 4.03. The van der Waals surface area contributed by atoms with Crippen LogP contribution in [-0.2, 0) is 11.2 Å². The lowest BCUT2D eigenvalue weighted by Crippen LogP contribution is -2.29. The van der Waals surface area contributed by atoms with Crippen LogP contribution in [0.5, 0.6) is 5.75 Å². The summed E-state index contributed by atoms with van der Waals surface area (Å²) in [6.45, 7) is 3.87. The molecule has 0 fully saturated rings. The molecule has 2 aromatic carbocycles. The van der Waals surface area contributed by atoms with Crippen molar-refractivity contribution in [2.24, 2.45) is 0 Å². The van der Waals surface area contributed by atoms with Crippen LogP contribution in [0.1, 0.15) is 16.7 Å². The molecule has 0 unspecified atom stereocenters. The minimum Gasteiger partial charge on any atom is -0.478 e. The summed E-state index contributed by atoms with van der Waals surface area (Å²) in [5, 5.41) is 9.95. The molecule has 3 nitrogen and oxygen atoms in total. The van der Waals surface area contributed by atoms with Crippen molar-refractivity contribution in [3.8, 4) is 5.75 Å². The molecule has 110 valence electrons. The number of carbonyl (C=O) groups is 1. The first-order valence-corrected chi connectivity index (χ1v) is 7.04. The highest BCUT2D eigenvalue weighted by Crippen LogP contribution is 2.20. The number of carboxylic acids is 1. The lowest BCUT2D eigenvalue weighted by molar-refractivity contribution is -0.145. The molecule has 0 spiro atoms. The van der Waals surface area contributed by atoms with Gasteiger partial charge in [0.1, 0.15) is 5.75 Å². The normalized spacial score (nSPS) is 12.0. The molecule has 0 saturated carbocycles. The molecule has 4 heteroatoms. The smallest absolute Gasteiger partial charge is 0.345 e. The third-order valence-electron chi connectivity index (χ3n) is 3.23. The molecule has 2 rings (SSSR count). The van der Waals surface area contributed by atoms with E-state index in [1.54, 1.807) is 18.2 Å². The van der Waals surface area contributed by atoms with Crippen LogP contribution in [0.3, 0.4) is 0 Å². The topological polar surface area (TPSA) is 46.5 Å². The van der Waals surface area contributed by atoms with E-state index >= 15 is 0 Å². The van der Waals surface area contributed by atoms with Gasteiger partial charge in [-0.2, -0.15) is 0 Å². The van der Waals surface area contributed by atoms with E-state index in [9.17, 15) is 9.90 Å². The number of halogens is 1. The highest BCUT2D eigenvalue weighted by Gasteiger charge is 2.20. The maximum atomic E-state index is 11.4. The number of benzene rings is 2. The summed E-state index contributed by atoms with van der Waals surface area (Å²) in [5.74, 6) is -0.446. The molecule has 0 aliphatic rings. The Hall–Kier alpha value is -2.00. The molecule has 21 heavy (non-hydrogen) atoms. The average molecular weight is 305 g/mol. The van der Waals surface area contributed by atoms with Crippen molar-refractivity contribution in [1.29, 1.82) is 0 Å². The van der Waals surface area contributed by atoms with Crippen LogP contribution in [0.2, 0.25) is 5.02 Å². The molecular weight excluding hydrogens is 288 g/mol. The van der Waals surface area contributed by atoms with E-state index in [0.29, 0.717) is 10.8 Å². The summed E-state index contributed by atoms with van der Waals surface area (Å²) in [6.07, 6.45) is -0.671. The van der Waals surface area contributed by atoms with Gasteiger partial charge >= 0.3 is 5.97 Å². The Morgan fingerprint density at radius 2 is 1.86 bits per heavy atom. The van der Waals surface area contributed by atoms with Crippen LogP contribution in [0.4, 0.5) is 0 Å². The molecule has 2 aromatic rings.